The first-order valence-electron chi connectivity index (χ1n) is 5.05. The predicted molar refractivity (Wildman–Crippen MR) is 66.8 cm³/mol. The molecule has 90 valence electrons. The van der Waals surface area contributed by atoms with Crippen molar-refractivity contribution in [1.82, 2.24) is 0 Å². The van der Waals surface area contributed by atoms with Crippen LogP contribution in [-0.4, -0.2) is 20.7 Å². The van der Waals surface area contributed by atoms with E-state index in [1.54, 1.807) is 38.1 Å². The van der Waals surface area contributed by atoms with Crippen molar-refractivity contribution in [3.05, 3.63) is 46.0 Å². The lowest BCUT2D eigenvalue weighted by atomic mass is 9.92. The molecule has 1 atom stereocenters. The SMILES string of the molecule is CC1(C)ON=C(c2ccccc2)[C@]1(Br)[N+](=O)[O-]. The van der Waals surface area contributed by atoms with Gasteiger partial charge in [-0.3, -0.25) is 10.1 Å². The van der Waals surface area contributed by atoms with Gasteiger partial charge < -0.3 is 4.84 Å². The van der Waals surface area contributed by atoms with Gasteiger partial charge >= 0.3 is 4.45 Å². The number of halogens is 1. The second kappa shape index (κ2) is 3.80. The zero-order valence-corrected chi connectivity index (χ0v) is 11.0. The molecule has 0 aliphatic carbocycles. The lowest BCUT2D eigenvalue weighted by molar-refractivity contribution is -0.532. The van der Waals surface area contributed by atoms with Gasteiger partial charge in [0, 0.05) is 26.4 Å². The van der Waals surface area contributed by atoms with E-state index >= 15 is 0 Å². The van der Waals surface area contributed by atoms with Crippen LogP contribution in [0.15, 0.2) is 35.5 Å². The molecule has 0 spiro atoms. The minimum Gasteiger partial charge on any atom is -0.380 e. The average molecular weight is 299 g/mol. The van der Waals surface area contributed by atoms with Gasteiger partial charge in [-0.1, -0.05) is 35.5 Å². The third-order valence-corrected chi connectivity index (χ3v) is 4.40. The van der Waals surface area contributed by atoms with E-state index in [1.807, 2.05) is 6.07 Å². The summed E-state index contributed by atoms with van der Waals surface area (Å²) in [5.74, 6) is 0. The Morgan fingerprint density at radius 1 is 1.35 bits per heavy atom. The molecule has 17 heavy (non-hydrogen) atoms. The maximum Gasteiger partial charge on any atom is 0.360 e. The monoisotopic (exact) mass is 298 g/mol. The smallest absolute Gasteiger partial charge is 0.360 e. The summed E-state index contributed by atoms with van der Waals surface area (Å²) in [6.45, 7) is 3.26. The molecule has 0 N–H and O–H groups in total. The molecular weight excluding hydrogens is 288 g/mol. The highest BCUT2D eigenvalue weighted by molar-refractivity contribution is 9.10. The average Bonchev–Trinajstić information content (AvgIpc) is 2.53. The predicted octanol–water partition coefficient (Wildman–Crippen LogP) is 2.57. The summed E-state index contributed by atoms with van der Waals surface area (Å²) in [5.41, 5.74) is -0.0819. The molecule has 0 radical (unpaired) electrons. The molecule has 0 saturated carbocycles. The molecular formula is C11H11BrN2O3. The minimum atomic E-state index is -1.53. The van der Waals surface area contributed by atoms with Gasteiger partial charge in [0.25, 0.3) is 0 Å². The molecule has 5 nitrogen and oxygen atoms in total. The molecule has 1 heterocycles. The maximum absolute atomic E-state index is 11.3. The van der Waals surface area contributed by atoms with Crippen molar-refractivity contribution < 1.29 is 9.76 Å². The fraction of sp³-hybridized carbons (Fsp3) is 0.364. The Balaban J connectivity index is 2.53. The van der Waals surface area contributed by atoms with E-state index in [-0.39, 0.29) is 5.71 Å². The molecule has 0 aromatic heterocycles. The highest BCUT2D eigenvalue weighted by Crippen LogP contribution is 2.43. The molecule has 2 rings (SSSR count). The van der Waals surface area contributed by atoms with Gasteiger partial charge in [-0.25, -0.2) is 0 Å². The van der Waals surface area contributed by atoms with Gasteiger partial charge in [-0.05, 0) is 13.8 Å². The van der Waals surface area contributed by atoms with Crippen LogP contribution in [0.2, 0.25) is 0 Å². The molecule has 0 fully saturated rings. The van der Waals surface area contributed by atoms with Gasteiger partial charge in [-0.2, -0.15) is 0 Å². The normalized spacial score (nSPS) is 26.2. The fourth-order valence-electron chi connectivity index (χ4n) is 1.71. The van der Waals surface area contributed by atoms with E-state index in [0.717, 1.165) is 0 Å². The van der Waals surface area contributed by atoms with Crippen molar-refractivity contribution in [1.29, 1.82) is 0 Å². The number of rotatable bonds is 2. The number of hydrogen-bond acceptors (Lipinski definition) is 4. The number of hydrogen-bond donors (Lipinski definition) is 0. The Morgan fingerprint density at radius 2 is 1.94 bits per heavy atom. The molecule has 1 aromatic carbocycles. The van der Waals surface area contributed by atoms with Crippen LogP contribution < -0.4 is 0 Å². The highest BCUT2D eigenvalue weighted by Gasteiger charge is 2.65. The number of benzene rings is 1. The van der Waals surface area contributed by atoms with E-state index in [9.17, 15) is 10.1 Å². The summed E-state index contributed by atoms with van der Waals surface area (Å²) >= 11 is 3.18. The first-order valence-corrected chi connectivity index (χ1v) is 5.84. The Morgan fingerprint density at radius 3 is 2.47 bits per heavy atom. The number of nitrogens with zero attached hydrogens (tertiary/aromatic N) is 2. The largest absolute Gasteiger partial charge is 0.380 e. The number of oxime groups is 1. The van der Waals surface area contributed by atoms with Crippen LogP contribution in [0.1, 0.15) is 19.4 Å². The lowest BCUT2D eigenvalue weighted by Gasteiger charge is -2.25. The molecule has 0 saturated heterocycles. The second-order valence-electron chi connectivity index (χ2n) is 4.29. The van der Waals surface area contributed by atoms with E-state index in [4.69, 9.17) is 4.84 Å². The summed E-state index contributed by atoms with van der Waals surface area (Å²) in [6.07, 6.45) is 0. The van der Waals surface area contributed by atoms with Crippen molar-refractivity contribution in [2.24, 2.45) is 5.16 Å². The maximum atomic E-state index is 11.3. The summed E-state index contributed by atoms with van der Waals surface area (Å²) in [7, 11) is 0. The molecule has 1 aromatic rings. The van der Waals surface area contributed by atoms with Gasteiger partial charge in [0.1, 0.15) is 0 Å². The van der Waals surface area contributed by atoms with Gasteiger partial charge in [0.2, 0.25) is 5.60 Å². The first kappa shape index (κ1) is 12.0. The third kappa shape index (κ3) is 1.63. The van der Waals surface area contributed by atoms with Crippen molar-refractivity contribution in [3.8, 4) is 0 Å². The minimum absolute atomic E-state index is 0.285. The molecule has 1 aliphatic rings. The quantitative estimate of drug-likeness (QED) is 0.365. The Bertz CT molecular complexity index is 487. The first-order chi connectivity index (χ1) is 7.89. The topological polar surface area (TPSA) is 64.7 Å². The zero-order valence-electron chi connectivity index (χ0n) is 9.38. The van der Waals surface area contributed by atoms with Gasteiger partial charge in [0.15, 0.2) is 5.71 Å². The number of alkyl halides is 1. The van der Waals surface area contributed by atoms with Crippen LogP contribution in [0.4, 0.5) is 0 Å². The molecule has 0 bridgehead atoms. The highest BCUT2D eigenvalue weighted by atomic mass is 79.9. The standard InChI is InChI=1S/C11H11BrN2O3/c1-10(2)11(12,14(15)16)9(13-17-10)8-6-4-3-5-7-8/h3-7H,1-2H3/t11-/m0/s1. The van der Waals surface area contributed by atoms with Crippen LogP contribution in [0.3, 0.4) is 0 Å². The zero-order chi connectivity index (χ0) is 12.7. The Hall–Kier alpha value is -1.43. The molecule has 1 aliphatic heterocycles. The summed E-state index contributed by atoms with van der Waals surface area (Å²) in [5, 5.41) is 15.2. The van der Waals surface area contributed by atoms with Crippen LogP contribution in [0.5, 0.6) is 0 Å². The van der Waals surface area contributed by atoms with Crippen molar-refractivity contribution in [3.63, 3.8) is 0 Å². The van der Waals surface area contributed by atoms with E-state index in [2.05, 4.69) is 21.1 Å². The van der Waals surface area contributed by atoms with Crippen LogP contribution in [0.25, 0.3) is 0 Å². The van der Waals surface area contributed by atoms with Gasteiger partial charge in [0.05, 0.1) is 0 Å². The fourth-order valence-corrected chi connectivity index (χ4v) is 2.09. The second-order valence-corrected chi connectivity index (χ2v) is 5.43. The Kier molecular flexibility index (Phi) is 2.69. The molecule has 0 unspecified atom stereocenters. The van der Waals surface area contributed by atoms with Crippen LogP contribution in [-0.2, 0) is 4.84 Å². The lowest BCUT2D eigenvalue weighted by Crippen LogP contribution is -2.53. The van der Waals surface area contributed by atoms with Crippen molar-refractivity contribution in [2.75, 3.05) is 0 Å². The van der Waals surface area contributed by atoms with Crippen LogP contribution >= 0.6 is 15.9 Å². The molecule has 6 heteroatoms. The molecule has 0 amide bonds. The van der Waals surface area contributed by atoms with E-state index < -0.39 is 15.0 Å². The third-order valence-electron chi connectivity index (χ3n) is 2.78. The van der Waals surface area contributed by atoms with Crippen molar-refractivity contribution in [2.45, 2.75) is 23.9 Å². The number of nitro groups is 1. The Labute approximate surface area is 107 Å². The summed E-state index contributed by atoms with van der Waals surface area (Å²) in [6, 6.07) is 8.98. The van der Waals surface area contributed by atoms with E-state index in [1.165, 1.54) is 0 Å². The van der Waals surface area contributed by atoms with Crippen LogP contribution in [0, 0.1) is 10.1 Å². The van der Waals surface area contributed by atoms with E-state index in [0.29, 0.717) is 5.56 Å². The van der Waals surface area contributed by atoms with Crippen molar-refractivity contribution >= 4 is 21.6 Å². The summed E-state index contributed by atoms with van der Waals surface area (Å²) in [4.78, 5) is 16.1. The van der Waals surface area contributed by atoms with Gasteiger partial charge in [-0.15, -0.1) is 0 Å². The summed E-state index contributed by atoms with van der Waals surface area (Å²) < 4.78 is -1.53.